The molecule has 168 valence electrons. The van der Waals surface area contributed by atoms with Crippen molar-refractivity contribution in [3.05, 3.63) is 66.4 Å². The molecule has 0 unspecified atom stereocenters. The fraction of sp³-hybridized carbons (Fsp3) is 0.304. The number of hydrogen-bond donors (Lipinski definition) is 1. The third-order valence-corrected chi connectivity index (χ3v) is 7.52. The predicted octanol–water partition coefficient (Wildman–Crippen LogP) is 3.23. The van der Waals surface area contributed by atoms with Gasteiger partial charge in [0.15, 0.2) is 0 Å². The molecule has 0 aliphatic carbocycles. The Morgan fingerprint density at radius 3 is 2.34 bits per heavy atom. The number of piperidine rings is 1. The van der Waals surface area contributed by atoms with Gasteiger partial charge in [-0.2, -0.15) is 9.40 Å². The molecule has 8 nitrogen and oxygen atoms in total. The van der Waals surface area contributed by atoms with E-state index in [2.05, 4.69) is 10.4 Å². The third kappa shape index (κ3) is 4.53. The number of carbonyl (C=O) groups is 1. The quantitative estimate of drug-likeness (QED) is 0.617. The second-order valence-corrected chi connectivity index (χ2v) is 9.70. The number of sulfonamides is 1. The maximum Gasteiger partial charge on any atom is 0.243 e. The van der Waals surface area contributed by atoms with Crippen LogP contribution in [-0.2, 0) is 14.8 Å². The lowest BCUT2D eigenvalue weighted by atomic mass is 9.97. The third-order valence-electron chi connectivity index (χ3n) is 5.61. The maximum absolute atomic E-state index is 12.9. The summed E-state index contributed by atoms with van der Waals surface area (Å²) in [4.78, 5) is 13.1. The summed E-state index contributed by atoms with van der Waals surface area (Å²) in [6, 6.07) is 17.8. The van der Waals surface area contributed by atoms with Gasteiger partial charge < -0.3 is 10.1 Å². The number of para-hydroxylation sites is 1. The summed E-state index contributed by atoms with van der Waals surface area (Å²) < 4.78 is 34.1. The molecule has 9 heteroatoms. The smallest absolute Gasteiger partial charge is 0.243 e. The van der Waals surface area contributed by atoms with Crippen LogP contribution in [-0.4, -0.2) is 48.6 Å². The topological polar surface area (TPSA) is 93.5 Å². The Kier molecular flexibility index (Phi) is 6.29. The van der Waals surface area contributed by atoms with Gasteiger partial charge in [-0.25, -0.2) is 13.1 Å². The van der Waals surface area contributed by atoms with Crippen LogP contribution in [0.25, 0.3) is 5.69 Å². The molecule has 0 bridgehead atoms. The number of carbonyl (C=O) groups excluding carboxylic acids is 1. The van der Waals surface area contributed by atoms with Gasteiger partial charge in [0, 0.05) is 25.1 Å². The summed E-state index contributed by atoms with van der Waals surface area (Å²) >= 11 is 0. The van der Waals surface area contributed by atoms with E-state index in [-0.39, 0.29) is 16.7 Å². The van der Waals surface area contributed by atoms with Crippen LogP contribution in [0.5, 0.6) is 5.75 Å². The fourth-order valence-corrected chi connectivity index (χ4v) is 5.31. The van der Waals surface area contributed by atoms with E-state index in [1.165, 1.54) is 11.4 Å². The summed E-state index contributed by atoms with van der Waals surface area (Å²) in [6.45, 7) is 2.46. The lowest BCUT2D eigenvalue weighted by molar-refractivity contribution is -0.120. The molecule has 0 spiro atoms. The van der Waals surface area contributed by atoms with Gasteiger partial charge in [0.25, 0.3) is 0 Å². The lowest BCUT2D eigenvalue weighted by Gasteiger charge is -2.30. The highest BCUT2D eigenvalue weighted by atomic mass is 32.2. The van der Waals surface area contributed by atoms with Crippen LogP contribution >= 0.6 is 0 Å². The molecule has 2 heterocycles. The SMILES string of the molecule is COc1ccc(S(=O)(=O)N2CCC(C(=O)Nc3cc(C)nn3-c3ccccc3)CC2)cc1. The number of rotatable bonds is 6. The van der Waals surface area contributed by atoms with Crippen molar-refractivity contribution in [3.8, 4) is 11.4 Å². The van der Waals surface area contributed by atoms with Gasteiger partial charge in [-0.1, -0.05) is 18.2 Å². The first kappa shape index (κ1) is 22.0. The molecule has 0 atom stereocenters. The Balaban J connectivity index is 1.41. The molecule has 1 fully saturated rings. The monoisotopic (exact) mass is 454 g/mol. The fourth-order valence-electron chi connectivity index (χ4n) is 3.84. The number of methoxy groups -OCH3 is 1. The predicted molar refractivity (Wildman–Crippen MR) is 121 cm³/mol. The molecule has 1 saturated heterocycles. The zero-order valence-corrected chi connectivity index (χ0v) is 18.9. The van der Waals surface area contributed by atoms with E-state index in [1.807, 2.05) is 43.3 Å². The molecule has 4 rings (SSSR count). The Bertz CT molecular complexity index is 1180. The molecule has 1 amide bonds. The van der Waals surface area contributed by atoms with Crippen LogP contribution < -0.4 is 10.1 Å². The highest BCUT2D eigenvalue weighted by Crippen LogP contribution is 2.26. The minimum absolute atomic E-state index is 0.122. The number of amides is 1. The van der Waals surface area contributed by atoms with Crippen LogP contribution in [0.3, 0.4) is 0 Å². The summed E-state index contributed by atoms with van der Waals surface area (Å²) in [5, 5.41) is 7.45. The average molecular weight is 455 g/mol. The van der Waals surface area contributed by atoms with E-state index in [0.717, 1.165) is 11.4 Å². The van der Waals surface area contributed by atoms with E-state index >= 15 is 0 Å². The molecule has 1 aromatic heterocycles. The molecule has 2 aromatic carbocycles. The van der Waals surface area contributed by atoms with Gasteiger partial charge in [-0.3, -0.25) is 4.79 Å². The Morgan fingerprint density at radius 2 is 1.72 bits per heavy atom. The lowest BCUT2D eigenvalue weighted by Crippen LogP contribution is -2.41. The highest BCUT2D eigenvalue weighted by Gasteiger charge is 2.32. The molecule has 1 N–H and O–H groups in total. The van der Waals surface area contributed by atoms with Crippen molar-refractivity contribution < 1.29 is 17.9 Å². The zero-order chi connectivity index (χ0) is 22.7. The Labute approximate surface area is 187 Å². The zero-order valence-electron chi connectivity index (χ0n) is 18.1. The second-order valence-electron chi connectivity index (χ2n) is 7.76. The first-order valence-corrected chi connectivity index (χ1v) is 11.9. The number of hydrogen-bond acceptors (Lipinski definition) is 5. The van der Waals surface area contributed by atoms with E-state index in [4.69, 9.17) is 4.74 Å². The van der Waals surface area contributed by atoms with Crippen LogP contribution in [0, 0.1) is 12.8 Å². The summed E-state index contributed by atoms with van der Waals surface area (Å²) in [6.07, 6.45) is 0.916. The summed E-state index contributed by atoms with van der Waals surface area (Å²) in [5.74, 6) is 0.816. The van der Waals surface area contributed by atoms with Crippen molar-refractivity contribution in [2.45, 2.75) is 24.7 Å². The van der Waals surface area contributed by atoms with Crippen LogP contribution in [0.2, 0.25) is 0 Å². The van der Waals surface area contributed by atoms with E-state index < -0.39 is 10.0 Å². The van der Waals surface area contributed by atoms with Crippen LogP contribution in [0.15, 0.2) is 65.6 Å². The maximum atomic E-state index is 12.9. The van der Waals surface area contributed by atoms with Crippen molar-refractivity contribution in [2.24, 2.45) is 5.92 Å². The number of aryl methyl sites for hydroxylation is 1. The number of nitrogens with zero attached hydrogens (tertiary/aromatic N) is 3. The van der Waals surface area contributed by atoms with Crippen molar-refractivity contribution >= 4 is 21.7 Å². The Morgan fingerprint density at radius 1 is 1.06 bits per heavy atom. The molecular formula is C23H26N4O4S. The van der Waals surface area contributed by atoms with Gasteiger partial charge in [-0.15, -0.1) is 0 Å². The molecule has 1 aliphatic rings. The van der Waals surface area contributed by atoms with Crippen LogP contribution in [0.4, 0.5) is 5.82 Å². The van der Waals surface area contributed by atoms with Crippen molar-refractivity contribution in [3.63, 3.8) is 0 Å². The first-order valence-electron chi connectivity index (χ1n) is 10.5. The normalized spacial score (nSPS) is 15.4. The molecular weight excluding hydrogens is 428 g/mol. The minimum Gasteiger partial charge on any atom is -0.497 e. The van der Waals surface area contributed by atoms with Crippen LogP contribution in [0.1, 0.15) is 18.5 Å². The number of aromatic nitrogens is 2. The second kappa shape index (κ2) is 9.13. The number of ether oxygens (including phenoxy) is 1. The molecule has 3 aromatic rings. The van der Waals surface area contributed by atoms with Crippen molar-refractivity contribution in [1.29, 1.82) is 0 Å². The molecule has 0 saturated carbocycles. The van der Waals surface area contributed by atoms with Crippen molar-refractivity contribution in [2.75, 3.05) is 25.5 Å². The standard InChI is InChI=1S/C23H26N4O4S/c1-17-16-22(27(25-17)19-6-4-3-5-7-19)24-23(28)18-12-14-26(15-13-18)32(29,30)21-10-8-20(31-2)9-11-21/h3-11,16,18H,12-15H2,1-2H3,(H,24,28). The molecule has 32 heavy (non-hydrogen) atoms. The minimum atomic E-state index is -3.60. The average Bonchev–Trinajstić information content (AvgIpc) is 3.19. The van der Waals surface area contributed by atoms with E-state index in [9.17, 15) is 13.2 Å². The van der Waals surface area contributed by atoms with Crippen molar-refractivity contribution in [1.82, 2.24) is 14.1 Å². The highest BCUT2D eigenvalue weighted by molar-refractivity contribution is 7.89. The van der Waals surface area contributed by atoms with Gasteiger partial charge in [0.05, 0.1) is 23.4 Å². The van der Waals surface area contributed by atoms with Gasteiger partial charge in [-0.05, 0) is 56.2 Å². The van der Waals surface area contributed by atoms with Gasteiger partial charge >= 0.3 is 0 Å². The summed E-state index contributed by atoms with van der Waals surface area (Å²) in [5.41, 5.74) is 1.65. The first-order chi connectivity index (χ1) is 15.4. The van der Waals surface area contributed by atoms with Gasteiger partial charge in [0.2, 0.25) is 15.9 Å². The largest absolute Gasteiger partial charge is 0.497 e. The summed E-state index contributed by atoms with van der Waals surface area (Å²) in [7, 11) is -2.07. The van der Waals surface area contributed by atoms with Gasteiger partial charge in [0.1, 0.15) is 11.6 Å². The Hall–Kier alpha value is -3.17. The molecule has 1 aliphatic heterocycles. The number of nitrogens with one attached hydrogen (secondary N) is 1. The number of benzene rings is 2. The van der Waals surface area contributed by atoms with E-state index in [1.54, 1.807) is 28.9 Å². The number of anilines is 1. The van der Waals surface area contributed by atoms with E-state index in [0.29, 0.717) is 37.5 Å². The molecule has 0 radical (unpaired) electrons.